The van der Waals surface area contributed by atoms with Gasteiger partial charge in [-0.25, -0.2) is 0 Å². The molecule has 1 fully saturated rings. The Hall–Kier alpha value is -1.26. The molecular formula is C13H18O4. The highest BCUT2D eigenvalue weighted by atomic mass is 16.5. The van der Waals surface area contributed by atoms with Gasteiger partial charge in [0.25, 0.3) is 0 Å². The zero-order valence-corrected chi connectivity index (χ0v) is 9.80. The normalized spacial score (nSPS) is 16.9. The van der Waals surface area contributed by atoms with Crippen molar-refractivity contribution in [2.75, 3.05) is 26.4 Å². The molecular weight excluding hydrogens is 220 g/mol. The zero-order chi connectivity index (χ0) is 11.9. The second-order valence-electron chi connectivity index (χ2n) is 4.02. The molecule has 1 aliphatic rings. The summed E-state index contributed by atoms with van der Waals surface area (Å²) < 4.78 is 16.4. The van der Waals surface area contributed by atoms with E-state index in [1.54, 1.807) is 24.3 Å². The first-order chi connectivity index (χ1) is 8.34. The molecule has 0 radical (unpaired) electrons. The quantitative estimate of drug-likeness (QED) is 0.797. The van der Waals surface area contributed by atoms with Crippen LogP contribution in [-0.4, -0.2) is 37.6 Å². The van der Waals surface area contributed by atoms with Gasteiger partial charge in [0.05, 0.1) is 12.7 Å². The van der Waals surface area contributed by atoms with Crippen LogP contribution in [0.2, 0.25) is 0 Å². The van der Waals surface area contributed by atoms with E-state index in [9.17, 15) is 0 Å². The molecule has 0 saturated carbocycles. The summed E-state index contributed by atoms with van der Waals surface area (Å²) in [5.41, 5.74) is 0. The minimum atomic E-state index is 0.246. The number of benzene rings is 1. The molecule has 1 aliphatic heterocycles. The second kappa shape index (κ2) is 6.47. The van der Waals surface area contributed by atoms with E-state index in [1.165, 1.54) is 0 Å². The van der Waals surface area contributed by atoms with Crippen molar-refractivity contribution in [2.45, 2.75) is 18.9 Å². The third-order valence-corrected chi connectivity index (χ3v) is 2.71. The van der Waals surface area contributed by atoms with E-state index in [1.807, 2.05) is 0 Å². The average Bonchev–Trinajstić information content (AvgIpc) is 2.38. The maximum atomic E-state index is 9.11. The summed E-state index contributed by atoms with van der Waals surface area (Å²) >= 11 is 0. The number of hydrogen-bond donors (Lipinski definition) is 1. The molecule has 1 aromatic carbocycles. The van der Waals surface area contributed by atoms with Gasteiger partial charge >= 0.3 is 0 Å². The first-order valence-electron chi connectivity index (χ1n) is 5.96. The molecule has 0 aromatic heterocycles. The lowest BCUT2D eigenvalue weighted by Gasteiger charge is -2.22. The van der Waals surface area contributed by atoms with Crippen LogP contribution in [0, 0.1) is 0 Å². The van der Waals surface area contributed by atoms with E-state index in [0.29, 0.717) is 19.3 Å². The van der Waals surface area contributed by atoms with Crippen LogP contribution >= 0.6 is 0 Å². The largest absolute Gasteiger partial charge is 0.508 e. The molecule has 17 heavy (non-hydrogen) atoms. The summed E-state index contributed by atoms with van der Waals surface area (Å²) in [6.07, 6.45) is 2.26. The van der Waals surface area contributed by atoms with Crippen LogP contribution in [0.3, 0.4) is 0 Å². The van der Waals surface area contributed by atoms with Gasteiger partial charge in [-0.05, 0) is 37.1 Å². The van der Waals surface area contributed by atoms with Crippen LogP contribution < -0.4 is 4.74 Å². The van der Waals surface area contributed by atoms with Crippen LogP contribution in [0.15, 0.2) is 24.3 Å². The fraction of sp³-hybridized carbons (Fsp3) is 0.538. The van der Waals surface area contributed by atoms with Gasteiger partial charge in [0.15, 0.2) is 0 Å². The van der Waals surface area contributed by atoms with Gasteiger partial charge in [-0.15, -0.1) is 0 Å². The Morgan fingerprint density at radius 3 is 2.53 bits per heavy atom. The molecule has 1 heterocycles. The molecule has 0 amide bonds. The molecule has 0 spiro atoms. The summed E-state index contributed by atoms with van der Waals surface area (Å²) in [5, 5.41) is 9.11. The van der Waals surface area contributed by atoms with Crippen LogP contribution in [0.25, 0.3) is 0 Å². The monoisotopic (exact) mass is 238 g/mol. The topological polar surface area (TPSA) is 47.9 Å². The minimum absolute atomic E-state index is 0.246. The fourth-order valence-corrected chi connectivity index (χ4v) is 1.76. The SMILES string of the molecule is Oc1ccc(OCCOC2CCOCC2)cc1. The van der Waals surface area contributed by atoms with E-state index < -0.39 is 0 Å². The summed E-state index contributed by atoms with van der Waals surface area (Å²) in [5.74, 6) is 0.995. The van der Waals surface area contributed by atoms with Gasteiger partial charge < -0.3 is 19.3 Å². The average molecular weight is 238 g/mol. The Kier molecular flexibility index (Phi) is 4.64. The van der Waals surface area contributed by atoms with E-state index in [-0.39, 0.29) is 5.75 Å². The molecule has 2 rings (SSSR count). The first-order valence-corrected chi connectivity index (χ1v) is 5.96. The molecule has 0 unspecified atom stereocenters. The van der Waals surface area contributed by atoms with Gasteiger partial charge in [0.1, 0.15) is 18.1 Å². The molecule has 1 saturated heterocycles. The highest BCUT2D eigenvalue weighted by molar-refractivity contribution is 5.29. The highest BCUT2D eigenvalue weighted by Crippen LogP contribution is 2.16. The zero-order valence-electron chi connectivity index (χ0n) is 9.80. The maximum absolute atomic E-state index is 9.11. The summed E-state index contributed by atoms with van der Waals surface area (Å²) in [6, 6.07) is 6.69. The molecule has 0 bridgehead atoms. The van der Waals surface area contributed by atoms with Crippen molar-refractivity contribution in [3.63, 3.8) is 0 Å². The van der Waals surface area contributed by atoms with E-state index in [0.717, 1.165) is 31.8 Å². The van der Waals surface area contributed by atoms with Crippen LogP contribution in [0.5, 0.6) is 11.5 Å². The van der Waals surface area contributed by atoms with Gasteiger partial charge in [-0.2, -0.15) is 0 Å². The van der Waals surface area contributed by atoms with Gasteiger partial charge in [0.2, 0.25) is 0 Å². The number of rotatable bonds is 5. The first kappa shape index (κ1) is 12.2. The minimum Gasteiger partial charge on any atom is -0.508 e. The molecule has 1 aromatic rings. The Bertz CT molecular complexity index is 317. The molecule has 0 atom stereocenters. The Balaban J connectivity index is 1.60. The van der Waals surface area contributed by atoms with Crippen molar-refractivity contribution in [1.29, 1.82) is 0 Å². The Morgan fingerprint density at radius 1 is 1.12 bits per heavy atom. The molecule has 4 heteroatoms. The third kappa shape index (κ3) is 4.24. The van der Waals surface area contributed by atoms with E-state index >= 15 is 0 Å². The van der Waals surface area contributed by atoms with Gasteiger partial charge in [0, 0.05) is 13.2 Å². The Labute approximate surface area is 101 Å². The standard InChI is InChI=1S/C13H18O4/c14-11-1-3-12(4-2-11)16-9-10-17-13-5-7-15-8-6-13/h1-4,13-14H,5-10H2. The van der Waals surface area contributed by atoms with Crippen molar-refractivity contribution in [3.05, 3.63) is 24.3 Å². The summed E-state index contributed by atoms with van der Waals surface area (Å²) in [6.45, 7) is 2.71. The van der Waals surface area contributed by atoms with Crippen molar-refractivity contribution in [2.24, 2.45) is 0 Å². The second-order valence-corrected chi connectivity index (χ2v) is 4.02. The molecule has 1 N–H and O–H groups in total. The number of phenolic OH excluding ortho intramolecular Hbond substituents is 1. The smallest absolute Gasteiger partial charge is 0.119 e. The van der Waals surface area contributed by atoms with Crippen LogP contribution in [0.1, 0.15) is 12.8 Å². The third-order valence-electron chi connectivity index (χ3n) is 2.71. The summed E-state index contributed by atoms with van der Waals surface area (Å²) in [4.78, 5) is 0. The van der Waals surface area contributed by atoms with Crippen molar-refractivity contribution in [3.8, 4) is 11.5 Å². The number of phenols is 1. The van der Waals surface area contributed by atoms with Crippen LogP contribution in [-0.2, 0) is 9.47 Å². The molecule has 0 aliphatic carbocycles. The van der Waals surface area contributed by atoms with Crippen LogP contribution in [0.4, 0.5) is 0 Å². The molecule has 4 nitrogen and oxygen atoms in total. The number of aromatic hydroxyl groups is 1. The van der Waals surface area contributed by atoms with Crippen molar-refractivity contribution < 1.29 is 19.3 Å². The van der Waals surface area contributed by atoms with Crippen molar-refractivity contribution in [1.82, 2.24) is 0 Å². The molecule has 94 valence electrons. The predicted octanol–water partition coefficient (Wildman–Crippen LogP) is 1.97. The maximum Gasteiger partial charge on any atom is 0.119 e. The van der Waals surface area contributed by atoms with Gasteiger partial charge in [-0.3, -0.25) is 0 Å². The summed E-state index contributed by atoms with van der Waals surface area (Å²) in [7, 11) is 0. The number of ether oxygens (including phenoxy) is 3. The fourth-order valence-electron chi connectivity index (χ4n) is 1.76. The lowest BCUT2D eigenvalue weighted by Crippen LogP contribution is -2.25. The predicted molar refractivity (Wildman–Crippen MR) is 63.4 cm³/mol. The lowest BCUT2D eigenvalue weighted by molar-refractivity contribution is -0.0388. The highest BCUT2D eigenvalue weighted by Gasteiger charge is 2.13. The Morgan fingerprint density at radius 2 is 1.82 bits per heavy atom. The number of hydrogen-bond acceptors (Lipinski definition) is 4. The van der Waals surface area contributed by atoms with E-state index in [2.05, 4.69) is 0 Å². The van der Waals surface area contributed by atoms with Crippen molar-refractivity contribution >= 4 is 0 Å². The van der Waals surface area contributed by atoms with E-state index in [4.69, 9.17) is 19.3 Å². The van der Waals surface area contributed by atoms with Gasteiger partial charge in [-0.1, -0.05) is 0 Å². The lowest BCUT2D eigenvalue weighted by atomic mass is 10.2.